The van der Waals surface area contributed by atoms with Crippen LogP contribution in [-0.2, 0) is 6.61 Å². The molecule has 0 unspecified atom stereocenters. The van der Waals surface area contributed by atoms with E-state index in [-0.39, 0.29) is 6.61 Å². The number of hydrogen-bond acceptors (Lipinski definition) is 3. The molecule has 0 aliphatic carbocycles. The standard InChI is InChI=1S/C14H15ClN2O/c1-10-4-3-5-11(8-10)17(2)14-7-6-12(15)13(9-18)16-14/h3-8,18H,9H2,1-2H3. The first-order chi connectivity index (χ1) is 8.61. The summed E-state index contributed by atoms with van der Waals surface area (Å²) in [6, 6.07) is 11.7. The van der Waals surface area contributed by atoms with E-state index < -0.39 is 0 Å². The summed E-state index contributed by atoms with van der Waals surface area (Å²) >= 11 is 5.93. The summed E-state index contributed by atoms with van der Waals surface area (Å²) in [4.78, 5) is 6.30. The number of aryl methyl sites for hydroxylation is 1. The third kappa shape index (κ3) is 2.63. The molecule has 2 aromatic rings. The highest BCUT2D eigenvalue weighted by atomic mass is 35.5. The smallest absolute Gasteiger partial charge is 0.133 e. The second-order valence-electron chi connectivity index (χ2n) is 4.15. The summed E-state index contributed by atoms with van der Waals surface area (Å²) < 4.78 is 0. The highest BCUT2D eigenvalue weighted by Crippen LogP contribution is 2.25. The Bertz CT molecular complexity index is 557. The number of rotatable bonds is 3. The van der Waals surface area contributed by atoms with Crippen molar-refractivity contribution in [2.45, 2.75) is 13.5 Å². The van der Waals surface area contributed by atoms with Crippen molar-refractivity contribution < 1.29 is 5.11 Å². The zero-order valence-electron chi connectivity index (χ0n) is 10.4. The van der Waals surface area contributed by atoms with E-state index in [0.717, 1.165) is 11.5 Å². The number of aliphatic hydroxyl groups is 1. The van der Waals surface area contributed by atoms with Gasteiger partial charge in [0.1, 0.15) is 5.82 Å². The predicted octanol–water partition coefficient (Wildman–Crippen LogP) is 3.30. The van der Waals surface area contributed by atoms with Crippen molar-refractivity contribution in [1.29, 1.82) is 0 Å². The van der Waals surface area contributed by atoms with Crippen LogP contribution in [0.25, 0.3) is 0 Å². The van der Waals surface area contributed by atoms with Crippen LogP contribution >= 0.6 is 11.6 Å². The number of aromatic nitrogens is 1. The van der Waals surface area contributed by atoms with Crippen molar-refractivity contribution in [2.24, 2.45) is 0 Å². The Labute approximate surface area is 112 Å². The first kappa shape index (κ1) is 12.9. The van der Waals surface area contributed by atoms with Gasteiger partial charge in [0.25, 0.3) is 0 Å². The van der Waals surface area contributed by atoms with Gasteiger partial charge < -0.3 is 10.0 Å². The minimum atomic E-state index is -0.158. The fourth-order valence-corrected chi connectivity index (χ4v) is 1.90. The Kier molecular flexibility index (Phi) is 3.84. The minimum absolute atomic E-state index is 0.158. The summed E-state index contributed by atoms with van der Waals surface area (Å²) in [5.74, 6) is 0.758. The largest absolute Gasteiger partial charge is 0.390 e. The van der Waals surface area contributed by atoms with Gasteiger partial charge in [-0.05, 0) is 36.8 Å². The monoisotopic (exact) mass is 262 g/mol. The Hall–Kier alpha value is -1.58. The van der Waals surface area contributed by atoms with Crippen LogP contribution in [0.3, 0.4) is 0 Å². The molecule has 0 bridgehead atoms. The van der Waals surface area contributed by atoms with Gasteiger partial charge in [0.05, 0.1) is 17.3 Å². The number of aliphatic hydroxyl groups excluding tert-OH is 1. The van der Waals surface area contributed by atoms with E-state index in [1.807, 2.05) is 43.1 Å². The SMILES string of the molecule is Cc1cccc(N(C)c2ccc(Cl)c(CO)n2)c1. The summed E-state index contributed by atoms with van der Waals surface area (Å²) in [5.41, 5.74) is 2.73. The van der Waals surface area contributed by atoms with Crippen LogP contribution in [-0.4, -0.2) is 17.1 Å². The molecule has 0 spiro atoms. The quantitative estimate of drug-likeness (QED) is 0.922. The highest BCUT2D eigenvalue weighted by Gasteiger charge is 2.08. The van der Waals surface area contributed by atoms with Crippen molar-refractivity contribution in [3.63, 3.8) is 0 Å². The van der Waals surface area contributed by atoms with Crippen LogP contribution in [0.15, 0.2) is 36.4 Å². The second kappa shape index (κ2) is 5.38. The van der Waals surface area contributed by atoms with Crippen molar-refractivity contribution in [3.05, 3.63) is 52.7 Å². The molecule has 0 aliphatic rings. The Morgan fingerprint density at radius 2 is 2.06 bits per heavy atom. The van der Waals surface area contributed by atoms with Crippen LogP contribution in [0, 0.1) is 6.92 Å². The number of pyridine rings is 1. The first-order valence-electron chi connectivity index (χ1n) is 5.68. The maximum Gasteiger partial charge on any atom is 0.133 e. The van der Waals surface area contributed by atoms with E-state index >= 15 is 0 Å². The Balaban J connectivity index is 2.36. The Morgan fingerprint density at radius 1 is 1.28 bits per heavy atom. The van der Waals surface area contributed by atoms with Crippen LogP contribution in [0.4, 0.5) is 11.5 Å². The molecule has 94 valence electrons. The fourth-order valence-electron chi connectivity index (χ4n) is 1.74. The van der Waals surface area contributed by atoms with E-state index in [2.05, 4.69) is 11.1 Å². The topological polar surface area (TPSA) is 36.4 Å². The van der Waals surface area contributed by atoms with E-state index in [1.54, 1.807) is 6.07 Å². The zero-order chi connectivity index (χ0) is 13.1. The molecule has 1 aromatic carbocycles. The van der Waals surface area contributed by atoms with Crippen LogP contribution in [0.2, 0.25) is 5.02 Å². The maximum absolute atomic E-state index is 9.17. The first-order valence-corrected chi connectivity index (χ1v) is 6.06. The lowest BCUT2D eigenvalue weighted by Gasteiger charge is -2.19. The summed E-state index contributed by atoms with van der Waals surface area (Å²) in [6.07, 6.45) is 0. The molecule has 0 fully saturated rings. The van der Waals surface area contributed by atoms with E-state index in [0.29, 0.717) is 10.7 Å². The van der Waals surface area contributed by atoms with Crippen molar-refractivity contribution in [1.82, 2.24) is 4.98 Å². The van der Waals surface area contributed by atoms with Gasteiger partial charge in [0.15, 0.2) is 0 Å². The van der Waals surface area contributed by atoms with E-state index in [9.17, 15) is 5.11 Å². The number of halogens is 1. The molecule has 0 amide bonds. The van der Waals surface area contributed by atoms with Crippen LogP contribution < -0.4 is 4.90 Å². The molecule has 0 atom stereocenters. The normalized spacial score (nSPS) is 10.4. The van der Waals surface area contributed by atoms with Gasteiger partial charge >= 0.3 is 0 Å². The van der Waals surface area contributed by atoms with Gasteiger partial charge in [-0.2, -0.15) is 0 Å². The lowest BCUT2D eigenvalue weighted by molar-refractivity contribution is 0.277. The fraction of sp³-hybridized carbons (Fsp3) is 0.214. The molecule has 18 heavy (non-hydrogen) atoms. The van der Waals surface area contributed by atoms with E-state index in [4.69, 9.17) is 11.6 Å². The molecule has 2 rings (SSSR count). The summed E-state index contributed by atoms with van der Waals surface area (Å²) in [7, 11) is 1.94. The molecule has 0 saturated heterocycles. The molecule has 4 heteroatoms. The molecule has 3 nitrogen and oxygen atoms in total. The molecule has 0 radical (unpaired) electrons. The maximum atomic E-state index is 9.17. The second-order valence-corrected chi connectivity index (χ2v) is 4.56. The third-order valence-corrected chi connectivity index (χ3v) is 3.13. The lowest BCUT2D eigenvalue weighted by atomic mass is 10.2. The minimum Gasteiger partial charge on any atom is -0.390 e. The molecular formula is C14H15ClN2O. The molecule has 1 aromatic heterocycles. The Morgan fingerprint density at radius 3 is 2.72 bits per heavy atom. The molecule has 1 N–H and O–H groups in total. The molecular weight excluding hydrogens is 248 g/mol. The van der Waals surface area contributed by atoms with Crippen molar-refractivity contribution in [3.8, 4) is 0 Å². The third-order valence-electron chi connectivity index (χ3n) is 2.79. The summed E-state index contributed by atoms with van der Waals surface area (Å²) in [6.45, 7) is 1.89. The highest BCUT2D eigenvalue weighted by molar-refractivity contribution is 6.31. The van der Waals surface area contributed by atoms with E-state index in [1.165, 1.54) is 5.56 Å². The van der Waals surface area contributed by atoms with Crippen molar-refractivity contribution >= 4 is 23.1 Å². The van der Waals surface area contributed by atoms with Gasteiger partial charge in [-0.1, -0.05) is 23.7 Å². The van der Waals surface area contributed by atoms with Gasteiger partial charge in [0, 0.05) is 12.7 Å². The molecule has 0 saturated carbocycles. The number of anilines is 2. The van der Waals surface area contributed by atoms with Gasteiger partial charge in [0.2, 0.25) is 0 Å². The van der Waals surface area contributed by atoms with Gasteiger partial charge in [-0.25, -0.2) is 4.98 Å². The average molecular weight is 263 g/mol. The van der Waals surface area contributed by atoms with Gasteiger partial charge in [-0.15, -0.1) is 0 Å². The number of hydrogen-bond donors (Lipinski definition) is 1. The molecule has 1 heterocycles. The molecule has 0 aliphatic heterocycles. The average Bonchev–Trinajstić information content (AvgIpc) is 2.38. The van der Waals surface area contributed by atoms with Crippen LogP contribution in [0.1, 0.15) is 11.3 Å². The number of benzene rings is 1. The lowest BCUT2D eigenvalue weighted by Crippen LogP contribution is -2.12. The van der Waals surface area contributed by atoms with Crippen LogP contribution in [0.5, 0.6) is 0 Å². The number of nitrogens with zero attached hydrogens (tertiary/aromatic N) is 2. The summed E-state index contributed by atoms with van der Waals surface area (Å²) in [5, 5.41) is 9.66. The van der Waals surface area contributed by atoms with Crippen molar-refractivity contribution in [2.75, 3.05) is 11.9 Å². The predicted molar refractivity (Wildman–Crippen MR) is 74.4 cm³/mol. The van der Waals surface area contributed by atoms with Gasteiger partial charge in [-0.3, -0.25) is 0 Å². The zero-order valence-corrected chi connectivity index (χ0v) is 11.1.